The first-order valence-electron chi connectivity index (χ1n) is 19.9. The van der Waals surface area contributed by atoms with Crippen LogP contribution in [0.15, 0.2) is 60.8 Å². The normalized spacial score (nSPS) is 13.0. The molecular weight excluding hydrogens is 580 g/mol. The predicted octanol–water partition coefficient (Wildman–Crippen LogP) is 12.9. The van der Waals surface area contributed by atoms with Crippen molar-refractivity contribution in [3.05, 3.63) is 60.8 Å². The second-order valence-electron chi connectivity index (χ2n) is 13.0. The van der Waals surface area contributed by atoms with Gasteiger partial charge in [0, 0.05) is 6.61 Å². The van der Waals surface area contributed by atoms with Gasteiger partial charge in [-0.2, -0.15) is 0 Å². The minimum atomic E-state index is -0.588. The van der Waals surface area contributed by atoms with E-state index in [-0.39, 0.29) is 25.6 Å². The number of esters is 1. The van der Waals surface area contributed by atoms with Crippen LogP contribution < -0.4 is 0 Å². The molecular formula is C43H76O4. The molecule has 47 heavy (non-hydrogen) atoms. The summed E-state index contributed by atoms with van der Waals surface area (Å²) in [5.41, 5.74) is 0. The van der Waals surface area contributed by atoms with Gasteiger partial charge in [0.25, 0.3) is 0 Å². The summed E-state index contributed by atoms with van der Waals surface area (Å²) in [4.78, 5) is 12.1. The Labute approximate surface area is 292 Å². The highest BCUT2D eigenvalue weighted by molar-refractivity contribution is 5.71. The fourth-order valence-corrected chi connectivity index (χ4v) is 5.46. The van der Waals surface area contributed by atoms with E-state index in [2.05, 4.69) is 62.5 Å². The van der Waals surface area contributed by atoms with Crippen molar-refractivity contribution in [2.45, 2.75) is 187 Å². The van der Waals surface area contributed by atoms with Crippen molar-refractivity contribution >= 4 is 5.97 Å². The van der Waals surface area contributed by atoms with E-state index in [1.807, 2.05) is 12.2 Å². The molecule has 1 atom stereocenters. The topological polar surface area (TPSA) is 55.8 Å². The molecule has 0 heterocycles. The largest absolute Gasteiger partial charge is 0.457 e. The van der Waals surface area contributed by atoms with E-state index in [0.717, 1.165) is 38.5 Å². The number of aliphatic hydroxyl groups excluding tert-OH is 1. The fourth-order valence-electron chi connectivity index (χ4n) is 5.46. The number of rotatable bonds is 36. The molecule has 4 nitrogen and oxygen atoms in total. The third-order valence-electron chi connectivity index (χ3n) is 8.39. The summed E-state index contributed by atoms with van der Waals surface area (Å²) < 4.78 is 11.0. The summed E-state index contributed by atoms with van der Waals surface area (Å²) in [6.07, 6.45) is 53.0. The average Bonchev–Trinajstić information content (AvgIpc) is 3.08. The highest BCUT2D eigenvalue weighted by Gasteiger charge is 2.12. The molecule has 0 saturated heterocycles. The Morgan fingerprint density at radius 2 is 0.872 bits per heavy atom. The first-order valence-corrected chi connectivity index (χ1v) is 19.9. The highest BCUT2D eigenvalue weighted by atomic mass is 16.6. The fraction of sp³-hybridized carbons (Fsp3) is 0.744. The molecule has 1 unspecified atom stereocenters. The Kier molecular flexibility index (Phi) is 38.6. The van der Waals surface area contributed by atoms with E-state index in [1.54, 1.807) is 0 Å². The Hall–Kier alpha value is -1.91. The zero-order valence-electron chi connectivity index (χ0n) is 31.0. The van der Waals surface area contributed by atoms with E-state index >= 15 is 0 Å². The molecule has 0 aliphatic heterocycles. The van der Waals surface area contributed by atoms with Gasteiger partial charge in [-0.05, 0) is 38.5 Å². The highest BCUT2D eigenvalue weighted by Crippen LogP contribution is 2.15. The second-order valence-corrected chi connectivity index (χ2v) is 13.0. The standard InChI is InChI=1S/C43H76O4/c1-3-5-7-9-11-13-15-17-19-20-21-22-23-25-27-29-31-33-35-37-39-46-41-42(40-44)47-43(45)38-36-34-32-30-28-26-24-18-16-14-12-10-8-6-4-2/h6,8,12,14,18,24,28,30,34,36,42,44H,3-5,7,9-11,13,15-17,19-23,25-27,29,31-33,35,37-41H2,1-2H3/b8-6-,14-12-,24-18-,30-28-,36-34-. The quantitative estimate of drug-likeness (QED) is 0.0414. The maximum Gasteiger partial charge on any atom is 0.310 e. The van der Waals surface area contributed by atoms with Crippen molar-refractivity contribution in [2.24, 2.45) is 0 Å². The van der Waals surface area contributed by atoms with Crippen LogP contribution in [0.1, 0.15) is 181 Å². The summed E-state index contributed by atoms with van der Waals surface area (Å²) in [5.74, 6) is -0.326. The van der Waals surface area contributed by atoms with Gasteiger partial charge in [0.15, 0.2) is 0 Å². The summed E-state index contributed by atoms with van der Waals surface area (Å²) in [6, 6.07) is 0. The van der Waals surface area contributed by atoms with E-state index in [0.29, 0.717) is 6.61 Å². The molecule has 0 aliphatic carbocycles. The van der Waals surface area contributed by atoms with Gasteiger partial charge in [0.1, 0.15) is 6.10 Å². The van der Waals surface area contributed by atoms with Gasteiger partial charge < -0.3 is 14.6 Å². The lowest BCUT2D eigenvalue weighted by molar-refractivity contribution is -0.153. The zero-order chi connectivity index (χ0) is 34.1. The van der Waals surface area contributed by atoms with Crippen molar-refractivity contribution in [1.82, 2.24) is 0 Å². The maximum atomic E-state index is 12.1. The number of allylic oxidation sites excluding steroid dienone is 9. The molecule has 0 spiro atoms. The summed E-state index contributed by atoms with van der Waals surface area (Å²) >= 11 is 0. The molecule has 0 aromatic heterocycles. The number of hydrogen-bond acceptors (Lipinski definition) is 4. The van der Waals surface area contributed by atoms with Gasteiger partial charge in [-0.3, -0.25) is 4.79 Å². The van der Waals surface area contributed by atoms with Crippen LogP contribution in [0, 0.1) is 0 Å². The molecule has 0 amide bonds. The molecule has 0 saturated carbocycles. The van der Waals surface area contributed by atoms with E-state index < -0.39 is 6.10 Å². The molecule has 0 radical (unpaired) electrons. The molecule has 0 bridgehead atoms. The number of ether oxygens (including phenoxy) is 2. The monoisotopic (exact) mass is 657 g/mol. The summed E-state index contributed by atoms with van der Waals surface area (Å²) in [5, 5.41) is 9.55. The van der Waals surface area contributed by atoms with Crippen LogP contribution in [0.25, 0.3) is 0 Å². The minimum absolute atomic E-state index is 0.212. The Morgan fingerprint density at radius 1 is 0.511 bits per heavy atom. The van der Waals surface area contributed by atoms with Crippen LogP contribution >= 0.6 is 0 Å². The smallest absolute Gasteiger partial charge is 0.310 e. The number of carbonyl (C=O) groups excluding carboxylic acids is 1. The molecule has 0 fully saturated rings. The van der Waals surface area contributed by atoms with Crippen molar-refractivity contribution in [1.29, 1.82) is 0 Å². The van der Waals surface area contributed by atoms with Crippen molar-refractivity contribution < 1.29 is 19.4 Å². The molecule has 0 aromatic rings. The first-order chi connectivity index (χ1) is 23.2. The van der Waals surface area contributed by atoms with E-state index in [1.165, 1.54) is 122 Å². The number of carbonyl (C=O) groups is 1. The molecule has 0 rings (SSSR count). The van der Waals surface area contributed by atoms with Crippen molar-refractivity contribution in [3.63, 3.8) is 0 Å². The van der Waals surface area contributed by atoms with Crippen LogP contribution in [0.4, 0.5) is 0 Å². The number of aliphatic hydroxyl groups is 1. The van der Waals surface area contributed by atoms with Gasteiger partial charge in [0.05, 0.1) is 19.6 Å². The average molecular weight is 657 g/mol. The molecule has 1 N–H and O–H groups in total. The zero-order valence-corrected chi connectivity index (χ0v) is 31.0. The van der Waals surface area contributed by atoms with Crippen LogP contribution in [-0.4, -0.2) is 37.0 Å². The lowest BCUT2D eigenvalue weighted by Gasteiger charge is -2.15. The third-order valence-corrected chi connectivity index (χ3v) is 8.39. The number of hydrogen-bond donors (Lipinski definition) is 1. The molecule has 0 aliphatic rings. The van der Waals surface area contributed by atoms with Crippen LogP contribution in [-0.2, 0) is 14.3 Å². The summed E-state index contributed by atoms with van der Waals surface area (Å²) in [7, 11) is 0. The summed E-state index contributed by atoms with van der Waals surface area (Å²) in [6.45, 7) is 5.14. The Morgan fingerprint density at radius 3 is 1.26 bits per heavy atom. The number of unbranched alkanes of at least 4 members (excludes halogenated alkanes) is 19. The van der Waals surface area contributed by atoms with Gasteiger partial charge in [-0.15, -0.1) is 0 Å². The minimum Gasteiger partial charge on any atom is -0.457 e. The maximum absolute atomic E-state index is 12.1. The van der Waals surface area contributed by atoms with Crippen LogP contribution in [0.2, 0.25) is 0 Å². The van der Waals surface area contributed by atoms with Crippen LogP contribution in [0.3, 0.4) is 0 Å². The lowest BCUT2D eigenvalue weighted by atomic mass is 10.0. The molecule has 272 valence electrons. The van der Waals surface area contributed by atoms with Gasteiger partial charge in [-0.1, -0.05) is 197 Å². The second kappa shape index (κ2) is 40.3. The molecule has 0 aromatic carbocycles. The lowest BCUT2D eigenvalue weighted by Crippen LogP contribution is -2.27. The Balaban J connectivity index is 3.51. The first kappa shape index (κ1) is 45.1. The Bertz CT molecular complexity index is 779. The third kappa shape index (κ3) is 38.4. The van der Waals surface area contributed by atoms with Crippen molar-refractivity contribution in [2.75, 3.05) is 19.8 Å². The van der Waals surface area contributed by atoms with Gasteiger partial charge >= 0.3 is 5.97 Å². The van der Waals surface area contributed by atoms with E-state index in [4.69, 9.17) is 9.47 Å². The van der Waals surface area contributed by atoms with Crippen LogP contribution in [0.5, 0.6) is 0 Å². The van der Waals surface area contributed by atoms with Gasteiger partial charge in [-0.25, -0.2) is 0 Å². The molecule has 4 heteroatoms. The SMILES string of the molecule is CC/C=C\C/C=C\C/C=C\C/C=C\C/C=C\CC(=O)OC(CO)COCCCCCCCCCCCCCCCCCCCCCC. The van der Waals surface area contributed by atoms with Gasteiger partial charge in [0.2, 0.25) is 0 Å². The van der Waals surface area contributed by atoms with Crippen molar-refractivity contribution in [3.8, 4) is 0 Å². The van der Waals surface area contributed by atoms with E-state index in [9.17, 15) is 9.90 Å². The predicted molar refractivity (Wildman–Crippen MR) is 205 cm³/mol.